The number of aliphatic hydroxyl groups excluding tert-OH is 1. The van der Waals surface area contributed by atoms with Crippen LogP contribution in [-0.4, -0.2) is 71.0 Å². The van der Waals surface area contributed by atoms with Gasteiger partial charge in [0.15, 0.2) is 14.9 Å². The van der Waals surface area contributed by atoms with Gasteiger partial charge in [0, 0.05) is 23.9 Å². The van der Waals surface area contributed by atoms with E-state index in [9.17, 15) is 27.9 Å². The zero-order valence-electron chi connectivity index (χ0n) is 22.4. The lowest BCUT2D eigenvalue weighted by Crippen LogP contribution is -2.63. The number of aliphatic hydroxyl groups is 1. The van der Waals surface area contributed by atoms with Crippen molar-refractivity contribution in [2.24, 2.45) is 11.8 Å². The van der Waals surface area contributed by atoms with Crippen LogP contribution in [0.15, 0.2) is 41.4 Å². The lowest BCUT2D eigenvalue weighted by Gasteiger charge is -2.46. The zero-order chi connectivity index (χ0) is 29.2. The highest BCUT2D eigenvalue weighted by Gasteiger charge is 2.60. The number of aryl methyl sites for hydroxylation is 2. The molecule has 0 unspecified atom stereocenters. The highest BCUT2D eigenvalue weighted by molar-refractivity contribution is 7.91. The minimum absolute atomic E-state index is 0.0432. The predicted octanol–water partition coefficient (Wildman–Crippen LogP) is 2.57. The Morgan fingerprint density at radius 2 is 1.98 bits per heavy atom. The van der Waals surface area contributed by atoms with Crippen molar-refractivity contribution in [2.45, 2.75) is 50.3 Å². The monoisotopic (exact) mass is 601 g/mol. The minimum atomic E-state index is -3.61. The van der Waals surface area contributed by atoms with Gasteiger partial charge in [-0.05, 0) is 49.4 Å². The molecule has 0 saturated carbocycles. The van der Waals surface area contributed by atoms with Crippen molar-refractivity contribution in [2.75, 3.05) is 13.0 Å². The molecule has 41 heavy (non-hydrogen) atoms. The van der Waals surface area contributed by atoms with Gasteiger partial charge in [0.05, 0.1) is 22.9 Å². The van der Waals surface area contributed by atoms with Crippen LogP contribution >= 0.6 is 11.3 Å². The molecule has 2 aliphatic heterocycles. The first-order valence-corrected chi connectivity index (χ1v) is 15.7. The number of aromatic nitrogens is 2. The van der Waals surface area contributed by atoms with E-state index in [-0.39, 0.29) is 10.7 Å². The summed E-state index contributed by atoms with van der Waals surface area (Å²) in [6.07, 6.45) is 5.01. The Kier molecular flexibility index (Phi) is 6.66. The molecule has 6 rings (SSSR count). The maximum atomic E-state index is 13.4. The Hall–Kier alpha value is -3.75. The second kappa shape index (κ2) is 9.96. The number of ether oxygens (including phenoxy) is 3. The van der Waals surface area contributed by atoms with Gasteiger partial charge in [-0.25, -0.2) is 23.0 Å². The Balaban J connectivity index is 1.23. The number of fused-ring (bicyclic) bond motifs is 3. The molecule has 1 fully saturated rings. The molecule has 4 heterocycles. The lowest BCUT2D eigenvalue weighted by molar-refractivity contribution is -0.166. The van der Waals surface area contributed by atoms with E-state index in [1.165, 1.54) is 23.7 Å². The van der Waals surface area contributed by atoms with Gasteiger partial charge < -0.3 is 24.2 Å². The van der Waals surface area contributed by atoms with E-state index in [4.69, 9.17) is 14.2 Å². The molecule has 1 N–H and O–H groups in total. The number of benzene rings is 1. The molecule has 0 spiro atoms. The fourth-order valence-corrected chi connectivity index (χ4v) is 8.33. The van der Waals surface area contributed by atoms with E-state index in [0.29, 0.717) is 21.0 Å². The molecule has 3 aromatic rings. The molecule has 1 aromatic carbocycles. The van der Waals surface area contributed by atoms with Gasteiger partial charge in [-0.2, -0.15) is 0 Å². The molecule has 1 aliphatic carbocycles. The van der Waals surface area contributed by atoms with Crippen LogP contribution < -0.4 is 4.74 Å². The number of nitrogens with zero attached hydrogens (tertiary/aromatic N) is 3. The molecule has 0 radical (unpaired) electrons. The number of rotatable bonds is 7. The van der Waals surface area contributed by atoms with Gasteiger partial charge in [0.2, 0.25) is 12.7 Å². The van der Waals surface area contributed by atoms with E-state index in [2.05, 4.69) is 4.98 Å². The third kappa shape index (κ3) is 4.59. The summed E-state index contributed by atoms with van der Waals surface area (Å²) in [6.45, 7) is 2.58. The molecule has 1 saturated heterocycles. The molecule has 1 amide bonds. The van der Waals surface area contributed by atoms with E-state index >= 15 is 0 Å². The summed E-state index contributed by atoms with van der Waals surface area (Å²) in [5, 5.41) is 10.1. The predicted molar refractivity (Wildman–Crippen MR) is 145 cm³/mol. The second-order valence-electron chi connectivity index (χ2n) is 10.5. The summed E-state index contributed by atoms with van der Waals surface area (Å²) < 4.78 is 41.4. The van der Waals surface area contributed by atoms with Crippen molar-refractivity contribution < 1.29 is 42.1 Å². The van der Waals surface area contributed by atoms with Crippen molar-refractivity contribution in [3.8, 4) is 5.75 Å². The van der Waals surface area contributed by atoms with Crippen molar-refractivity contribution in [3.63, 3.8) is 0 Å². The Labute approximate surface area is 239 Å². The molecule has 14 heteroatoms. The topological polar surface area (TPSA) is 154 Å². The first kappa shape index (κ1) is 27.4. The number of β-lactam (4-membered cyclic amide) rings is 1. The molecule has 2 aromatic heterocycles. The van der Waals surface area contributed by atoms with Crippen LogP contribution in [0.25, 0.3) is 10.4 Å². The third-order valence-corrected chi connectivity index (χ3v) is 10.1. The summed E-state index contributed by atoms with van der Waals surface area (Å²) in [5.41, 5.74) is 2.76. The van der Waals surface area contributed by atoms with Crippen molar-refractivity contribution in [3.05, 3.63) is 52.4 Å². The first-order valence-electron chi connectivity index (χ1n) is 13.0. The standard InChI is InChI=1S/C27H27N3O9S2/c1-13-19(18-10-29-11-28-23(25(29)40-18)41(3,35)36)22(30-21(13)20(14(2)31)24(30)32)26(33)37-12-38-27(34)39-17-8-7-15-5-4-6-16(15)9-17/h7-11,13-14,20-21,31H,4-6,12H2,1-3H3/t13-,14+,20+,21+/m0/s1. The SMILES string of the molecule is C[C@@H](O)[C@H]1C(=O)N2C(C(=O)OCOC(=O)Oc3ccc4c(c3)CCC4)=C(c3cn4cnc(S(C)(=O)=O)c4s3)[C@H](C)[C@H]12. The molecule has 0 bridgehead atoms. The average molecular weight is 602 g/mol. The number of esters is 1. The van der Waals surface area contributed by atoms with Crippen LogP contribution in [0.4, 0.5) is 4.79 Å². The molecule has 3 aliphatic rings. The van der Waals surface area contributed by atoms with Crippen molar-refractivity contribution in [1.82, 2.24) is 14.3 Å². The van der Waals surface area contributed by atoms with Crippen LogP contribution in [0, 0.1) is 11.8 Å². The van der Waals surface area contributed by atoms with Gasteiger partial charge in [0.1, 0.15) is 22.6 Å². The van der Waals surface area contributed by atoms with Gasteiger partial charge in [-0.1, -0.05) is 13.0 Å². The Morgan fingerprint density at radius 1 is 1.22 bits per heavy atom. The van der Waals surface area contributed by atoms with Crippen LogP contribution in [0.3, 0.4) is 0 Å². The number of carbonyl (C=O) groups is 3. The van der Waals surface area contributed by atoms with Crippen LogP contribution in [0.5, 0.6) is 5.75 Å². The maximum absolute atomic E-state index is 13.4. The normalized spacial score (nSPS) is 22.4. The van der Waals surface area contributed by atoms with E-state index in [1.807, 2.05) is 13.0 Å². The largest absolute Gasteiger partial charge is 0.516 e. The molecular weight excluding hydrogens is 574 g/mol. The number of sulfone groups is 1. The number of hydrogen-bond acceptors (Lipinski definition) is 11. The molecule has 12 nitrogen and oxygen atoms in total. The smallest absolute Gasteiger partial charge is 0.423 e. The molecule has 216 valence electrons. The number of amides is 1. The second-order valence-corrected chi connectivity index (χ2v) is 13.4. The highest BCUT2D eigenvalue weighted by atomic mass is 32.2. The fraction of sp³-hybridized carbons (Fsp3) is 0.407. The summed E-state index contributed by atoms with van der Waals surface area (Å²) >= 11 is 1.11. The van der Waals surface area contributed by atoms with Gasteiger partial charge >= 0.3 is 12.1 Å². The van der Waals surface area contributed by atoms with E-state index in [1.54, 1.807) is 22.7 Å². The summed E-state index contributed by atoms with van der Waals surface area (Å²) in [4.78, 5) is 44.8. The fourth-order valence-electron chi connectivity index (χ4n) is 5.98. The summed E-state index contributed by atoms with van der Waals surface area (Å²) in [6, 6.07) is 4.87. The number of imidazole rings is 1. The molecule has 4 atom stereocenters. The van der Waals surface area contributed by atoms with Crippen LogP contribution in [0.1, 0.15) is 36.3 Å². The summed E-state index contributed by atoms with van der Waals surface area (Å²) in [5.74, 6) is -2.12. The summed E-state index contributed by atoms with van der Waals surface area (Å²) in [7, 11) is -3.61. The third-order valence-electron chi connectivity index (χ3n) is 7.80. The van der Waals surface area contributed by atoms with E-state index < -0.39 is 58.6 Å². The van der Waals surface area contributed by atoms with Gasteiger partial charge in [-0.15, -0.1) is 11.3 Å². The van der Waals surface area contributed by atoms with Crippen molar-refractivity contribution >= 4 is 49.6 Å². The quantitative estimate of drug-likeness (QED) is 0.185. The van der Waals surface area contributed by atoms with Crippen molar-refractivity contribution in [1.29, 1.82) is 0 Å². The average Bonchev–Trinajstić information content (AvgIpc) is 3.64. The maximum Gasteiger partial charge on any atom is 0.516 e. The lowest BCUT2D eigenvalue weighted by atomic mass is 9.77. The molecular formula is C27H27N3O9S2. The minimum Gasteiger partial charge on any atom is -0.423 e. The Bertz CT molecular complexity index is 1740. The number of carbonyl (C=O) groups excluding carboxylic acids is 3. The van der Waals surface area contributed by atoms with Crippen LogP contribution in [0.2, 0.25) is 0 Å². The number of thiazole rings is 1. The zero-order valence-corrected chi connectivity index (χ0v) is 24.0. The Morgan fingerprint density at radius 3 is 2.71 bits per heavy atom. The van der Waals surface area contributed by atoms with E-state index in [0.717, 1.165) is 42.4 Å². The van der Waals surface area contributed by atoms with Gasteiger partial charge in [-0.3, -0.25) is 9.20 Å². The van der Waals surface area contributed by atoms with Crippen LogP contribution in [-0.2, 0) is 41.7 Å². The number of hydrogen-bond donors (Lipinski definition) is 1. The highest BCUT2D eigenvalue weighted by Crippen LogP contribution is 2.52. The first-order chi connectivity index (χ1) is 19.5. The van der Waals surface area contributed by atoms with Gasteiger partial charge in [0.25, 0.3) is 0 Å².